The van der Waals surface area contributed by atoms with Crippen LogP contribution in [0.5, 0.6) is 11.5 Å². The zero-order valence-electron chi connectivity index (χ0n) is 25.6. The smallest absolute Gasteiger partial charge is 0.129 e. The monoisotopic (exact) mass is 608 g/mol. The second-order valence-electron chi connectivity index (χ2n) is 12.0. The van der Waals surface area contributed by atoms with E-state index < -0.39 is 0 Å². The van der Waals surface area contributed by atoms with E-state index in [-0.39, 0.29) is 49.0 Å². The van der Waals surface area contributed by atoms with E-state index in [1.54, 1.807) is 13.8 Å². The minimum atomic E-state index is -0.208. The van der Waals surface area contributed by atoms with Crippen molar-refractivity contribution >= 4 is 43.9 Å². The summed E-state index contributed by atoms with van der Waals surface area (Å²) in [6, 6.07) is 17.3. The van der Waals surface area contributed by atoms with Gasteiger partial charge in [-0.25, -0.2) is 0 Å². The fourth-order valence-electron chi connectivity index (χ4n) is 4.31. The molecular weight excluding hydrogens is 564 g/mol. The zero-order chi connectivity index (χ0) is 28.7. The quantitative estimate of drug-likeness (QED) is 0.204. The maximum atomic E-state index is 10.0. The van der Waals surface area contributed by atoms with Crippen LogP contribution in [0.1, 0.15) is 94.9 Å². The van der Waals surface area contributed by atoms with Gasteiger partial charge in [-0.15, -0.1) is 0 Å². The molecule has 0 aromatic heterocycles. The van der Waals surface area contributed by atoms with Gasteiger partial charge in [0.1, 0.15) is 34.3 Å². The second kappa shape index (κ2) is 14.9. The molecule has 0 fully saturated rings. The number of hydrogen-bond acceptors (Lipinski definition) is 4. The number of hydrogen-bond donors (Lipinski definition) is 0. The normalized spacial score (nSPS) is 11.2. The molecule has 0 aliphatic heterocycles. The molecule has 0 spiro atoms. The maximum Gasteiger partial charge on any atom is 0.129 e. The first kappa shape index (κ1) is 34.8. The molecule has 5 heteroatoms. The SMILES string of the molecule is CC(C)(C)Oc1cc2ccc3cc(OC(C)(C)C)cc4ccc(c1)c2c34.CCCC(C)=O.CCCC(C)=O.[Zr]. The minimum Gasteiger partial charge on any atom is -0.488 e. The molecule has 39 heavy (non-hydrogen) atoms. The Labute approximate surface area is 254 Å². The Kier molecular flexibility index (Phi) is 13.3. The van der Waals surface area contributed by atoms with E-state index in [1.165, 1.54) is 32.3 Å². The maximum absolute atomic E-state index is 10.0. The Bertz CT molecular complexity index is 1190. The second-order valence-corrected chi connectivity index (χ2v) is 12.0. The summed E-state index contributed by atoms with van der Waals surface area (Å²) in [6.45, 7) is 19.7. The van der Waals surface area contributed by atoms with Crippen molar-refractivity contribution in [2.75, 3.05) is 0 Å². The Balaban J connectivity index is 0.000000494. The molecule has 0 atom stereocenters. The summed E-state index contributed by atoms with van der Waals surface area (Å²) in [6.07, 6.45) is 3.44. The predicted octanol–water partition coefficient (Wildman–Crippen LogP) is 9.69. The molecule has 0 bridgehead atoms. The van der Waals surface area contributed by atoms with Crippen molar-refractivity contribution in [1.82, 2.24) is 0 Å². The van der Waals surface area contributed by atoms with Gasteiger partial charge in [-0.05, 0) is 125 Å². The Morgan fingerprint density at radius 2 is 0.846 bits per heavy atom. The first-order valence-corrected chi connectivity index (χ1v) is 13.7. The van der Waals surface area contributed by atoms with Crippen molar-refractivity contribution in [2.24, 2.45) is 0 Å². The van der Waals surface area contributed by atoms with Gasteiger partial charge >= 0.3 is 0 Å². The number of ketones is 2. The van der Waals surface area contributed by atoms with Crippen LogP contribution in [0.4, 0.5) is 0 Å². The third-order valence-electron chi connectivity index (χ3n) is 5.53. The number of benzene rings is 4. The molecule has 4 nitrogen and oxygen atoms in total. The van der Waals surface area contributed by atoms with Gasteiger partial charge in [-0.1, -0.05) is 38.1 Å². The fourth-order valence-corrected chi connectivity index (χ4v) is 4.31. The van der Waals surface area contributed by atoms with E-state index >= 15 is 0 Å². The molecule has 0 saturated heterocycles. The van der Waals surface area contributed by atoms with Crippen molar-refractivity contribution in [3.8, 4) is 11.5 Å². The van der Waals surface area contributed by atoms with Crippen LogP contribution in [-0.4, -0.2) is 22.8 Å². The molecule has 0 heterocycles. The van der Waals surface area contributed by atoms with E-state index in [9.17, 15) is 9.59 Å². The van der Waals surface area contributed by atoms with E-state index in [4.69, 9.17) is 9.47 Å². The summed E-state index contributed by atoms with van der Waals surface area (Å²) in [5, 5.41) is 7.44. The first-order valence-electron chi connectivity index (χ1n) is 13.7. The van der Waals surface area contributed by atoms with E-state index in [2.05, 4.69) is 90.1 Å². The summed E-state index contributed by atoms with van der Waals surface area (Å²) < 4.78 is 12.2. The van der Waals surface area contributed by atoms with Crippen molar-refractivity contribution < 1.29 is 45.3 Å². The van der Waals surface area contributed by atoms with Gasteiger partial charge in [0.15, 0.2) is 0 Å². The zero-order valence-corrected chi connectivity index (χ0v) is 28.0. The minimum absolute atomic E-state index is 0. The number of carbonyl (C=O) groups is 2. The average Bonchev–Trinajstić information content (AvgIpc) is 2.75. The predicted molar refractivity (Wildman–Crippen MR) is 162 cm³/mol. The van der Waals surface area contributed by atoms with E-state index in [1.807, 2.05) is 13.8 Å². The number of Topliss-reactive ketones (excluding diaryl/α,β-unsaturated/α-hetero) is 2. The van der Waals surface area contributed by atoms with Gasteiger partial charge < -0.3 is 19.1 Å². The van der Waals surface area contributed by atoms with Gasteiger partial charge in [-0.3, -0.25) is 0 Å². The van der Waals surface area contributed by atoms with Gasteiger partial charge in [0.25, 0.3) is 0 Å². The fraction of sp³-hybridized carbons (Fsp3) is 0.471. The topological polar surface area (TPSA) is 52.6 Å². The standard InChI is InChI=1S/C24H26O2.2C5H10O.Zr/c1-23(2,3)25-19-11-15-7-9-17-13-20(26-24(4,5)6)14-18-10-8-16(12-19)21(15)22(17)18;2*1-3-4-5(2)6;/h7-14H,1-6H3;2*3-4H2,1-2H3;. The van der Waals surface area contributed by atoms with Crippen LogP contribution in [-0.2, 0) is 35.8 Å². The number of rotatable bonds is 6. The van der Waals surface area contributed by atoms with Crippen molar-refractivity contribution in [1.29, 1.82) is 0 Å². The van der Waals surface area contributed by atoms with Gasteiger partial charge in [0.2, 0.25) is 0 Å². The van der Waals surface area contributed by atoms with Gasteiger partial charge in [0.05, 0.1) is 0 Å². The largest absolute Gasteiger partial charge is 0.488 e. The van der Waals surface area contributed by atoms with Crippen LogP contribution in [0.2, 0.25) is 0 Å². The molecule has 0 amide bonds. The molecule has 0 aliphatic carbocycles. The molecule has 4 rings (SSSR count). The van der Waals surface area contributed by atoms with Crippen molar-refractivity contribution in [2.45, 2.75) is 106 Å². The summed E-state index contributed by atoms with van der Waals surface area (Å²) in [5.41, 5.74) is -0.417. The Morgan fingerprint density at radius 1 is 0.590 bits per heavy atom. The summed E-state index contributed by atoms with van der Waals surface area (Å²) >= 11 is 0. The number of carbonyl (C=O) groups excluding carboxylic acids is 2. The molecule has 4 aromatic carbocycles. The van der Waals surface area contributed by atoms with Crippen LogP contribution in [0.25, 0.3) is 32.3 Å². The molecule has 4 aromatic rings. The first-order chi connectivity index (χ1) is 17.6. The molecule has 0 radical (unpaired) electrons. The van der Waals surface area contributed by atoms with Crippen molar-refractivity contribution in [3.63, 3.8) is 0 Å². The van der Waals surface area contributed by atoms with E-state index in [0.717, 1.165) is 37.2 Å². The molecule has 0 unspecified atom stereocenters. The van der Waals surface area contributed by atoms with Gasteiger partial charge in [0, 0.05) is 39.0 Å². The van der Waals surface area contributed by atoms with E-state index in [0.29, 0.717) is 0 Å². The molecule has 0 aliphatic rings. The third kappa shape index (κ3) is 11.4. The molecular formula is C34H46O4Zr. The Hall–Kier alpha value is -2.26. The molecule has 0 saturated carbocycles. The van der Waals surface area contributed by atoms with Crippen molar-refractivity contribution in [3.05, 3.63) is 48.5 Å². The molecule has 0 N–H and O–H groups in total. The van der Waals surface area contributed by atoms with Crippen LogP contribution in [0, 0.1) is 0 Å². The third-order valence-corrected chi connectivity index (χ3v) is 5.53. The number of ether oxygens (including phenoxy) is 2. The van der Waals surface area contributed by atoms with Crippen LogP contribution < -0.4 is 9.47 Å². The summed E-state index contributed by atoms with van der Waals surface area (Å²) in [5.74, 6) is 2.41. The van der Waals surface area contributed by atoms with Crippen LogP contribution in [0.15, 0.2) is 48.5 Å². The van der Waals surface area contributed by atoms with Crippen LogP contribution >= 0.6 is 0 Å². The molecule has 210 valence electrons. The average molecular weight is 610 g/mol. The Morgan fingerprint density at radius 3 is 1.00 bits per heavy atom. The summed E-state index contributed by atoms with van der Waals surface area (Å²) in [7, 11) is 0. The summed E-state index contributed by atoms with van der Waals surface area (Å²) in [4.78, 5) is 20.1. The van der Waals surface area contributed by atoms with Gasteiger partial charge in [-0.2, -0.15) is 0 Å². The van der Waals surface area contributed by atoms with Crippen LogP contribution in [0.3, 0.4) is 0 Å².